The van der Waals surface area contributed by atoms with Crippen LogP contribution in [0.25, 0.3) is 22.0 Å². The molecule has 5 nitrogen and oxygen atoms in total. The molecular formula is C25H23N3O2. The van der Waals surface area contributed by atoms with E-state index in [1.165, 1.54) is 0 Å². The van der Waals surface area contributed by atoms with Gasteiger partial charge in [-0.25, -0.2) is 0 Å². The van der Waals surface area contributed by atoms with Gasteiger partial charge in [0.1, 0.15) is 5.69 Å². The summed E-state index contributed by atoms with van der Waals surface area (Å²) >= 11 is 0. The van der Waals surface area contributed by atoms with Gasteiger partial charge in [0.25, 0.3) is 5.91 Å². The highest BCUT2D eigenvalue weighted by molar-refractivity contribution is 5.98. The molecule has 1 aromatic heterocycles. The van der Waals surface area contributed by atoms with Crippen molar-refractivity contribution in [3.63, 3.8) is 0 Å². The van der Waals surface area contributed by atoms with Gasteiger partial charge in [0.05, 0.1) is 0 Å². The molecule has 0 aliphatic heterocycles. The average molecular weight is 397 g/mol. The zero-order chi connectivity index (χ0) is 21.1. The van der Waals surface area contributed by atoms with Crippen molar-refractivity contribution in [1.29, 1.82) is 0 Å². The Morgan fingerprint density at radius 3 is 2.37 bits per heavy atom. The number of hydrogen-bond donors (Lipinski definition) is 0. The molecule has 150 valence electrons. The van der Waals surface area contributed by atoms with Crippen LogP contribution in [-0.4, -0.2) is 29.8 Å². The number of nitrogens with zero attached hydrogens (tertiary/aromatic N) is 3. The summed E-state index contributed by atoms with van der Waals surface area (Å²) in [5.41, 5.74) is 4.97. The van der Waals surface area contributed by atoms with Gasteiger partial charge >= 0.3 is 0 Å². The minimum atomic E-state index is -0.161. The first-order valence-electron chi connectivity index (χ1n) is 9.82. The molecule has 5 heteroatoms. The third kappa shape index (κ3) is 3.87. The molecule has 4 aromatic rings. The first kappa shape index (κ1) is 19.6. The summed E-state index contributed by atoms with van der Waals surface area (Å²) in [4.78, 5) is 14.1. The van der Waals surface area contributed by atoms with Crippen molar-refractivity contribution in [2.75, 3.05) is 18.6 Å². The van der Waals surface area contributed by atoms with Crippen LogP contribution in [0.3, 0.4) is 0 Å². The van der Waals surface area contributed by atoms with Gasteiger partial charge in [0.15, 0.2) is 6.61 Å². The largest absolute Gasteiger partial charge is 0.466 e. The number of carbonyl (C=O) groups excluding carboxylic acids is 1. The first-order chi connectivity index (χ1) is 14.5. The molecule has 0 fully saturated rings. The third-order valence-corrected chi connectivity index (χ3v) is 5.15. The Morgan fingerprint density at radius 2 is 1.60 bits per heavy atom. The number of fused-ring (bicyclic) bond motifs is 1. The van der Waals surface area contributed by atoms with E-state index in [1.54, 1.807) is 11.9 Å². The van der Waals surface area contributed by atoms with E-state index in [4.69, 9.17) is 4.74 Å². The molecule has 0 saturated heterocycles. The minimum absolute atomic E-state index is 0.118. The standard InChI is InChI=1S/C25H23N3O2/c1-17-13-14-18(2)22(15-17)24-20-11-7-8-12-21(20)25(27-26-24)30-16-23(29)28(3)19-9-5-4-6-10-19/h4-15H,16H2,1-3H3. The van der Waals surface area contributed by atoms with Crippen LogP contribution in [0.4, 0.5) is 5.69 Å². The van der Waals surface area contributed by atoms with E-state index in [2.05, 4.69) is 42.2 Å². The van der Waals surface area contributed by atoms with Crippen molar-refractivity contribution in [1.82, 2.24) is 10.2 Å². The van der Waals surface area contributed by atoms with E-state index in [9.17, 15) is 4.79 Å². The molecule has 1 amide bonds. The first-order valence-corrected chi connectivity index (χ1v) is 9.82. The van der Waals surface area contributed by atoms with E-state index < -0.39 is 0 Å². The maximum absolute atomic E-state index is 12.6. The number of hydrogen-bond acceptors (Lipinski definition) is 4. The summed E-state index contributed by atoms with van der Waals surface area (Å²) in [6.07, 6.45) is 0. The van der Waals surface area contributed by atoms with Crippen molar-refractivity contribution in [3.8, 4) is 17.1 Å². The number of carbonyl (C=O) groups is 1. The van der Waals surface area contributed by atoms with Crippen LogP contribution >= 0.6 is 0 Å². The number of aryl methyl sites for hydroxylation is 2. The normalized spacial score (nSPS) is 10.8. The Kier molecular flexibility index (Phi) is 5.44. The van der Waals surface area contributed by atoms with Crippen molar-refractivity contribution >= 4 is 22.4 Å². The fraction of sp³-hybridized carbons (Fsp3) is 0.160. The maximum atomic E-state index is 12.6. The summed E-state index contributed by atoms with van der Waals surface area (Å²) in [6, 6.07) is 23.6. The Balaban J connectivity index is 1.63. The van der Waals surface area contributed by atoms with E-state index in [0.29, 0.717) is 5.88 Å². The van der Waals surface area contributed by atoms with E-state index in [0.717, 1.165) is 38.8 Å². The van der Waals surface area contributed by atoms with Gasteiger partial charge in [-0.05, 0) is 43.7 Å². The van der Waals surface area contributed by atoms with Crippen molar-refractivity contribution in [3.05, 3.63) is 83.9 Å². The minimum Gasteiger partial charge on any atom is -0.466 e. The number of likely N-dealkylation sites (N-methyl/N-ethyl adjacent to an activating group) is 1. The predicted molar refractivity (Wildman–Crippen MR) is 120 cm³/mol. The number of anilines is 1. The van der Waals surface area contributed by atoms with Gasteiger partial charge in [-0.1, -0.05) is 54.1 Å². The topological polar surface area (TPSA) is 55.3 Å². The lowest BCUT2D eigenvalue weighted by molar-refractivity contribution is -0.120. The molecule has 0 N–H and O–H groups in total. The van der Waals surface area contributed by atoms with E-state index in [1.807, 2.05) is 54.6 Å². The zero-order valence-corrected chi connectivity index (χ0v) is 17.3. The van der Waals surface area contributed by atoms with Crippen molar-refractivity contribution in [2.45, 2.75) is 13.8 Å². The Hall–Kier alpha value is -3.73. The van der Waals surface area contributed by atoms with Crippen LogP contribution in [0.2, 0.25) is 0 Å². The van der Waals surface area contributed by atoms with Crippen molar-refractivity contribution in [2.24, 2.45) is 0 Å². The van der Waals surface area contributed by atoms with Gasteiger partial charge in [0.2, 0.25) is 5.88 Å². The summed E-state index contributed by atoms with van der Waals surface area (Å²) in [5.74, 6) is 0.195. The molecule has 0 aliphatic carbocycles. The fourth-order valence-electron chi connectivity index (χ4n) is 3.40. The number of ether oxygens (including phenoxy) is 1. The SMILES string of the molecule is Cc1ccc(C)c(-c2nnc(OCC(=O)N(C)c3ccccc3)c3ccccc23)c1. The van der Waals surface area contributed by atoms with Crippen molar-refractivity contribution < 1.29 is 9.53 Å². The number of aromatic nitrogens is 2. The third-order valence-electron chi connectivity index (χ3n) is 5.15. The lowest BCUT2D eigenvalue weighted by Gasteiger charge is -2.18. The highest BCUT2D eigenvalue weighted by Gasteiger charge is 2.16. The van der Waals surface area contributed by atoms with Gasteiger partial charge in [-0.3, -0.25) is 4.79 Å². The molecule has 0 saturated carbocycles. The molecule has 4 rings (SSSR count). The smallest absolute Gasteiger partial charge is 0.264 e. The lowest BCUT2D eigenvalue weighted by Crippen LogP contribution is -2.31. The number of para-hydroxylation sites is 1. The predicted octanol–water partition coefficient (Wildman–Crippen LogP) is 4.96. The molecule has 30 heavy (non-hydrogen) atoms. The van der Waals surface area contributed by atoms with Crippen LogP contribution in [0.5, 0.6) is 5.88 Å². The van der Waals surface area contributed by atoms with Crippen LogP contribution in [0.15, 0.2) is 72.8 Å². The average Bonchev–Trinajstić information content (AvgIpc) is 2.79. The van der Waals surface area contributed by atoms with Crippen LogP contribution < -0.4 is 9.64 Å². The van der Waals surface area contributed by atoms with E-state index in [-0.39, 0.29) is 12.5 Å². The maximum Gasteiger partial charge on any atom is 0.264 e. The van der Waals surface area contributed by atoms with Gasteiger partial charge in [0, 0.05) is 29.1 Å². The fourth-order valence-corrected chi connectivity index (χ4v) is 3.40. The van der Waals surface area contributed by atoms with Gasteiger partial charge in [-0.15, -0.1) is 10.2 Å². The highest BCUT2D eigenvalue weighted by Crippen LogP contribution is 2.32. The second kappa shape index (κ2) is 8.33. The molecule has 0 unspecified atom stereocenters. The Morgan fingerprint density at radius 1 is 0.900 bits per heavy atom. The van der Waals surface area contributed by atoms with Crippen LogP contribution in [0.1, 0.15) is 11.1 Å². The zero-order valence-electron chi connectivity index (χ0n) is 17.3. The molecular weight excluding hydrogens is 374 g/mol. The molecule has 0 bridgehead atoms. The molecule has 3 aromatic carbocycles. The van der Waals surface area contributed by atoms with Crippen LogP contribution in [-0.2, 0) is 4.79 Å². The van der Waals surface area contributed by atoms with Crippen LogP contribution in [0, 0.1) is 13.8 Å². The monoisotopic (exact) mass is 397 g/mol. The molecule has 0 radical (unpaired) electrons. The number of rotatable bonds is 5. The molecule has 0 atom stereocenters. The summed E-state index contributed by atoms with van der Waals surface area (Å²) in [7, 11) is 1.73. The Bertz CT molecular complexity index is 1210. The van der Waals surface area contributed by atoms with Gasteiger partial charge in [-0.2, -0.15) is 0 Å². The Labute approximate surface area is 175 Å². The highest BCUT2D eigenvalue weighted by atomic mass is 16.5. The second-order valence-corrected chi connectivity index (χ2v) is 7.29. The molecule has 0 aliphatic rings. The summed E-state index contributed by atoms with van der Waals surface area (Å²) in [5, 5.41) is 10.6. The quantitative estimate of drug-likeness (QED) is 0.478. The summed E-state index contributed by atoms with van der Waals surface area (Å²) in [6.45, 7) is 4.01. The number of benzene rings is 3. The summed E-state index contributed by atoms with van der Waals surface area (Å²) < 4.78 is 5.80. The lowest BCUT2D eigenvalue weighted by atomic mass is 9.99. The second-order valence-electron chi connectivity index (χ2n) is 7.29. The van der Waals surface area contributed by atoms with E-state index >= 15 is 0 Å². The molecule has 0 spiro atoms. The van der Waals surface area contributed by atoms with Gasteiger partial charge < -0.3 is 9.64 Å². The number of amides is 1. The molecule has 1 heterocycles.